The molecule has 0 aromatic heterocycles. The predicted molar refractivity (Wildman–Crippen MR) is 252 cm³/mol. The first-order valence-electron chi connectivity index (χ1n) is 21.3. The van der Waals surface area contributed by atoms with Crippen molar-refractivity contribution < 1.29 is 4.74 Å². The van der Waals surface area contributed by atoms with Gasteiger partial charge in [-0.25, -0.2) is 0 Å². The average Bonchev–Trinajstić information content (AvgIpc) is 3.86. The highest BCUT2D eigenvalue weighted by molar-refractivity contribution is 5.98. The fraction of sp³-hybridized carbons (Fsp3) is 0.0508. The monoisotopic (exact) mass is 779 g/mol. The van der Waals surface area contributed by atoms with Gasteiger partial charge in [0.1, 0.15) is 11.5 Å². The summed E-state index contributed by atoms with van der Waals surface area (Å²) in [6.07, 6.45) is 5.51. The van der Waals surface area contributed by atoms with Gasteiger partial charge in [-0.3, -0.25) is 0 Å². The van der Waals surface area contributed by atoms with E-state index in [0.717, 1.165) is 46.1 Å². The first-order valence-corrected chi connectivity index (χ1v) is 21.3. The summed E-state index contributed by atoms with van der Waals surface area (Å²) in [4.78, 5) is 2.46. The minimum Gasteiger partial charge on any atom is -0.460 e. The Balaban J connectivity index is 1.09. The van der Waals surface area contributed by atoms with Crippen molar-refractivity contribution in [2.24, 2.45) is 0 Å². The van der Waals surface area contributed by atoms with Crippen molar-refractivity contribution in [3.63, 3.8) is 0 Å². The van der Waals surface area contributed by atoms with E-state index in [1.807, 2.05) is 0 Å². The Bertz CT molecular complexity index is 3150. The lowest BCUT2D eigenvalue weighted by Crippen LogP contribution is -2.28. The molecule has 0 N–H and O–H groups in total. The molecule has 0 saturated carbocycles. The molecule has 0 spiro atoms. The molecule has 9 aromatic rings. The molecule has 288 valence electrons. The molecular weight excluding hydrogens is 739 g/mol. The maximum absolute atomic E-state index is 6.76. The maximum atomic E-state index is 6.76. The van der Waals surface area contributed by atoms with Gasteiger partial charge in [0.05, 0.1) is 11.1 Å². The first kappa shape index (κ1) is 35.3. The van der Waals surface area contributed by atoms with Crippen molar-refractivity contribution in [1.82, 2.24) is 0 Å². The number of fused-ring (bicyclic) bond motifs is 7. The molecule has 2 nitrogen and oxygen atoms in total. The quantitative estimate of drug-likeness (QED) is 0.160. The molecular formula is C59H41NO. The Morgan fingerprint density at radius 1 is 0.475 bits per heavy atom. The number of hydrogen-bond acceptors (Lipinski definition) is 2. The van der Waals surface area contributed by atoms with Crippen molar-refractivity contribution >= 4 is 33.4 Å². The second-order valence-corrected chi connectivity index (χ2v) is 16.3. The summed E-state index contributed by atoms with van der Waals surface area (Å²) in [6.45, 7) is 0. The van der Waals surface area contributed by atoms with Crippen LogP contribution in [0.5, 0.6) is 5.75 Å². The van der Waals surface area contributed by atoms with E-state index in [1.54, 1.807) is 0 Å². The van der Waals surface area contributed by atoms with E-state index in [-0.39, 0.29) is 5.92 Å². The van der Waals surface area contributed by atoms with Gasteiger partial charge in [-0.2, -0.15) is 0 Å². The van der Waals surface area contributed by atoms with Crippen molar-refractivity contribution in [2.75, 3.05) is 4.90 Å². The lowest BCUT2D eigenvalue weighted by molar-refractivity contribution is 0.429. The normalized spacial score (nSPS) is 15.4. The fourth-order valence-electron chi connectivity index (χ4n) is 10.5. The lowest BCUT2D eigenvalue weighted by atomic mass is 9.67. The second-order valence-electron chi connectivity index (χ2n) is 16.3. The third-order valence-corrected chi connectivity index (χ3v) is 13.1. The minimum atomic E-state index is -0.527. The van der Waals surface area contributed by atoms with Crippen molar-refractivity contribution in [1.29, 1.82) is 0 Å². The molecule has 1 aliphatic heterocycles. The number of hydrogen-bond donors (Lipinski definition) is 0. The average molecular weight is 780 g/mol. The Labute approximate surface area is 357 Å². The largest absolute Gasteiger partial charge is 0.460 e. The van der Waals surface area contributed by atoms with E-state index >= 15 is 0 Å². The van der Waals surface area contributed by atoms with Gasteiger partial charge in [-0.1, -0.05) is 194 Å². The molecule has 0 amide bonds. The third-order valence-electron chi connectivity index (χ3n) is 13.1. The lowest BCUT2D eigenvalue weighted by Gasteiger charge is -2.35. The molecule has 2 aliphatic carbocycles. The smallest absolute Gasteiger partial charge is 0.130 e. The van der Waals surface area contributed by atoms with Gasteiger partial charge in [-0.05, 0) is 98.1 Å². The summed E-state index contributed by atoms with van der Waals surface area (Å²) in [5.74, 6) is 2.17. The van der Waals surface area contributed by atoms with Crippen LogP contribution in [-0.4, -0.2) is 0 Å². The highest BCUT2D eigenvalue weighted by atomic mass is 16.5. The molecule has 0 fully saturated rings. The van der Waals surface area contributed by atoms with Gasteiger partial charge in [0.2, 0.25) is 0 Å². The number of anilines is 3. The van der Waals surface area contributed by atoms with Crippen LogP contribution < -0.4 is 9.64 Å². The van der Waals surface area contributed by atoms with Crippen molar-refractivity contribution in [3.05, 3.63) is 270 Å². The summed E-state index contributed by atoms with van der Waals surface area (Å²) < 4.78 is 6.76. The second kappa shape index (κ2) is 14.3. The molecule has 3 aliphatic rings. The fourth-order valence-corrected chi connectivity index (χ4v) is 10.5. The summed E-state index contributed by atoms with van der Waals surface area (Å²) >= 11 is 0. The molecule has 2 heteroatoms. The molecule has 12 rings (SSSR count). The highest BCUT2D eigenvalue weighted by Gasteiger charge is 2.46. The Hall–Kier alpha value is -7.68. The number of allylic oxidation sites excluding steroid dienone is 4. The van der Waals surface area contributed by atoms with Crippen LogP contribution in [0.4, 0.5) is 17.1 Å². The zero-order valence-corrected chi connectivity index (χ0v) is 33.6. The van der Waals surface area contributed by atoms with Crippen LogP contribution in [0.15, 0.2) is 236 Å². The third kappa shape index (κ3) is 5.49. The Morgan fingerprint density at radius 2 is 1.10 bits per heavy atom. The summed E-state index contributed by atoms with van der Waals surface area (Å²) in [7, 11) is 0. The van der Waals surface area contributed by atoms with Crippen molar-refractivity contribution in [3.8, 4) is 28.0 Å². The van der Waals surface area contributed by atoms with Crippen LogP contribution in [0.2, 0.25) is 0 Å². The number of benzene rings is 9. The molecule has 1 heterocycles. The van der Waals surface area contributed by atoms with Crippen LogP contribution >= 0.6 is 0 Å². The summed E-state index contributed by atoms with van der Waals surface area (Å²) in [5, 5.41) is 2.49. The van der Waals surface area contributed by atoms with E-state index in [0.29, 0.717) is 0 Å². The van der Waals surface area contributed by atoms with Crippen LogP contribution in [-0.2, 0) is 5.41 Å². The number of para-hydroxylation sites is 2. The molecule has 0 saturated heterocycles. The Morgan fingerprint density at radius 3 is 1.92 bits per heavy atom. The van der Waals surface area contributed by atoms with Crippen LogP contribution in [0, 0.1) is 0 Å². The zero-order valence-electron chi connectivity index (χ0n) is 33.6. The van der Waals surface area contributed by atoms with E-state index in [9.17, 15) is 0 Å². The summed E-state index contributed by atoms with van der Waals surface area (Å²) in [5.41, 5.74) is 16.3. The molecule has 0 bridgehead atoms. The molecule has 61 heavy (non-hydrogen) atoms. The SMILES string of the molecule is C1=CC(c2ccccc2N(c2ccc(-c3cccc4ccccc34)cc2)c2ccc3c(c2)C(c2ccccc2)(c2ccccc2)c2ccccc2-3)=C2Oc3ccccc3C2C1. The van der Waals surface area contributed by atoms with E-state index < -0.39 is 5.41 Å². The van der Waals surface area contributed by atoms with Crippen LogP contribution in [0.3, 0.4) is 0 Å². The molecule has 9 aromatic carbocycles. The standard InChI is InChI=1S/C59H41NO/c1-3-19-42(20-4-1)59(43-21-5-2-6-22-43)54-30-12-9-24-48(54)49-38-37-45(39-55(49)59)60(44-35-33-41(34-36-44)47-27-15-18-40-17-7-8-23-46(40)47)56-31-13-10-25-50(56)52-28-16-29-53-51-26-11-14-32-57(51)61-58(52)53/h1-28,30-39,53H,29H2. The zero-order chi connectivity index (χ0) is 40.3. The minimum absolute atomic E-state index is 0.188. The van der Waals surface area contributed by atoms with Gasteiger partial charge in [0.15, 0.2) is 0 Å². The van der Waals surface area contributed by atoms with Gasteiger partial charge >= 0.3 is 0 Å². The van der Waals surface area contributed by atoms with E-state index in [1.165, 1.54) is 60.8 Å². The van der Waals surface area contributed by atoms with Crippen LogP contribution in [0.25, 0.3) is 38.6 Å². The number of nitrogens with zero attached hydrogens (tertiary/aromatic N) is 1. The van der Waals surface area contributed by atoms with Gasteiger partial charge < -0.3 is 9.64 Å². The molecule has 0 radical (unpaired) electrons. The predicted octanol–water partition coefficient (Wildman–Crippen LogP) is 15.2. The van der Waals surface area contributed by atoms with Crippen molar-refractivity contribution in [2.45, 2.75) is 17.8 Å². The van der Waals surface area contributed by atoms with Gasteiger partial charge in [0, 0.05) is 34.0 Å². The van der Waals surface area contributed by atoms with E-state index in [4.69, 9.17) is 4.74 Å². The number of rotatable bonds is 7. The number of ether oxygens (including phenoxy) is 1. The molecule has 1 atom stereocenters. The highest BCUT2D eigenvalue weighted by Crippen LogP contribution is 2.58. The van der Waals surface area contributed by atoms with Crippen LogP contribution in [0.1, 0.15) is 45.7 Å². The van der Waals surface area contributed by atoms with E-state index in [2.05, 4.69) is 235 Å². The summed E-state index contributed by atoms with van der Waals surface area (Å²) in [6, 6.07) is 79.9. The van der Waals surface area contributed by atoms with Gasteiger partial charge in [0.25, 0.3) is 0 Å². The Kier molecular flexibility index (Phi) is 8.24. The first-order chi connectivity index (χ1) is 30.3. The van der Waals surface area contributed by atoms with Gasteiger partial charge in [-0.15, -0.1) is 0 Å². The molecule has 1 unspecified atom stereocenters. The topological polar surface area (TPSA) is 12.5 Å². The maximum Gasteiger partial charge on any atom is 0.130 e.